The van der Waals surface area contributed by atoms with E-state index in [4.69, 9.17) is 5.73 Å². The lowest BCUT2D eigenvalue weighted by Gasteiger charge is -2.35. The molecule has 1 unspecified atom stereocenters. The molecule has 11 heteroatoms. The minimum absolute atomic E-state index is 0. The minimum atomic E-state index is -0.835. The third-order valence-corrected chi connectivity index (χ3v) is 7.65. The van der Waals surface area contributed by atoms with Crippen LogP contribution in [0, 0.1) is 12.3 Å². The molecule has 38 heavy (non-hydrogen) atoms. The van der Waals surface area contributed by atoms with Crippen LogP contribution < -0.4 is 16.4 Å². The Morgan fingerprint density at radius 1 is 1.21 bits per heavy atom. The van der Waals surface area contributed by atoms with E-state index in [1.807, 2.05) is 64.4 Å². The monoisotopic (exact) mass is 565 g/mol. The van der Waals surface area contributed by atoms with Crippen molar-refractivity contribution in [2.24, 2.45) is 11.1 Å². The summed E-state index contributed by atoms with van der Waals surface area (Å²) >= 11 is 1.58. The number of amides is 3. The van der Waals surface area contributed by atoms with Crippen molar-refractivity contribution in [1.29, 1.82) is 0 Å². The van der Waals surface area contributed by atoms with Gasteiger partial charge in [-0.2, -0.15) is 0 Å². The van der Waals surface area contributed by atoms with Crippen LogP contribution in [0.2, 0.25) is 0 Å². The van der Waals surface area contributed by atoms with Crippen molar-refractivity contribution in [2.75, 3.05) is 13.1 Å². The maximum Gasteiger partial charge on any atom is 0.246 e. The van der Waals surface area contributed by atoms with Crippen molar-refractivity contribution in [2.45, 2.75) is 78.1 Å². The number of rotatable bonds is 9. The molecule has 0 spiro atoms. The Morgan fingerprint density at radius 3 is 2.42 bits per heavy atom. The van der Waals surface area contributed by atoms with E-state index in [9.17, 15) is 19.5 Å². The van der Waals surface area contributed by atoms with Crippen LogP contribution in [0.4, 0.5) is 0 Å². The minimum Gasteiger partial charge on any atom is -0.391 e. The number of aliphatic hydroxyl groups is 1. The van der Waals surface area contributed by atoms with E-state index in [0.29, 0.717) is 13.0 Å². The molecule has 3 rings (SSSR count). The summed E-state index contributed by atoms with van der Waals surface area (Å²) in [5.41, 5.74) is 9.71. The van der Waals surface area contributed by atoms with Gasteiger partial charge in [-0.25, -0.2) is 4.98 Å². The van der Waals surface area contributed by atoms with Gasteiger partial charge in [-0.15, -0.1) is 23.7 Å². The average molecular weight is 566 g/mol. The molecular weight excluding hydrogens is 526 g/mol. The predicted octanol–water partition coefficient (Wildman–Crippen LogP) is 2.95. The van der Waals surface area contributed by atoms with E-state index < -0.39 is 23.6 Å². The molecule has 3 amide bonds. The summed E-state index contributed by atoms with van der Waals surface area (Å²) in [6, 6.07) is 6.00. The van der Waals surface area contributed by atoms with Gasteiger partial charge >= 0.3 is 0 Å². The van der Waals surface area contributed by atoms with E-state index in [2.05, 4.69) is 15.6 Å². The first-order valence-corrected chi connectivity index (χ1v) is 13.6. The van der Waals surface area contributed by atoms with Crippen molar-refractivity contribution >= 4 is 41.5 Å². The number of nitrogens with zero attached hydrogens (tertiary/aromatic N) is 2. The van der Waals surface area contributed by atoms with Crippen molar-refractivity contribution in [3.8, 4) is 10.4 Å². The number of nitrogens with one attached hydrogen (secondary N) is 2. The molecule has 0 aliphatic carbocycles. The number of hydrogen-bond donors (Lipinski definition) is 4. The second-order valence-corrected chi connectivity index (χ2v) is 11.6. The number of β-amino-alcohol motifs (C(OH)–C–C–N with tert-alkyl or cyclic N) is 1. The quantitative estimate of drug-likeness (QED) is 0.369. The summed E-state index contributed by atoms with van der Waals surface area (Å²) in [4.78, 5) is 46.1. The highest BCUT2D eigenvalue weighted by Gasteiger charge is 2.44. The van der Waals surface area contributed by atoms with Crippen molar-refractivity contribution in [1.82, 2.24) is 20.5 Å². The van der Waals surface area contributed by atoms with E-state index in [1.54, 1.807) is 11.3 Å². The fraction of sp³-hybridized carbons (Fsp3) is 0.556. The maximum atomic E-state index is 13.6. The third kappa shape index (κ3) is 7.75. The largest absolute Gasteiger partial charge is 0.391 e. The molecule has 0 saturated carbocycles. The van der Waals surface area contributed by atoms with Gasteiger partial charge in [0.1, 0.15) is 12.1 Å². The van der Waals surface area contributed by atoms with Gasteiger partial charge < -0.3 is 26.4 Å². The first-order chi connectivity index (χ1) is 17.4. The average Bonchev–Trinajstić information content (AvgIpc) is 3.45. The molecule has 5 N–H and O–H groups in total. The highest BCUT2D eigenvalue weighted by atomic mass is 35.5. The van der Waals surface area contributed by atoms with Gasteiger partial charge in [0.15, 0.2) is 0 Å². The van der Waals surface area contributed by atoms with Crippen LogP contribution in [0.5, 0.6) is 0 Å². The van der Waals surface area contributed by atoms with Gasteiger partial charge in [-0.3, -0.25) is 14.4 Å². The number of aliphatic hydroxyl groups excluding tert-OH is 1. The highest BCUT2D eigenvalue weighted by molar-refractivity contribution is 7.13. The van der Waals surface area contributed by atoms with E-state index in [1.165, 1.54) is 4.90 Å². The molecule has 210 valence electrons. The van der Waals surface area contributed by atoms with Crippen LogP contribution in [0.1, 0.15) is 64.3 Å². The standard InChI is InChI=1S/C27H39N5O4S.ClH/c1-16(18-8-10-19(11-9-18)23-17(2)29-15-37-23)30-25(35)21-13-20(33)14-32(21)26(36)24(27(3,4)5)31-22(34)7-6-12-28;/h8-11,15-16,20-21,24,33H,6-7,12-14,28H2,1-5H3,(H,30,35)(H,31,34);1H/t16-,20+,21-,24?;/m0./s1. The Hall–Kier alpha value is -2.53. The van der Waals surface area contributed by atoms with E-state index in [0.717, 1.165) is 21.7 Å². The Labute approximate surface area is 235 Å². The molecule has 0 radical (unpaired) electrons. The molecule has 1 aromatic heterocycles. The van der Waals surface area contributed by atoms with Crippen LogP contribution in [0.15, 0.2) is 29.8 Å². The first kappa shape index (κ1) is 31.7. The summed E-state index contributed by atoms with van der Waals surface area (Å²) in [5, 5.41) is 16.2. The van der Waals surface area contributed by atoms with Gasteiger partial charge in [-0.1, -0.05) is 45.0 Å². The summed E-state index contributed by atoms with van der Waals surface area (Å²) in [6.45, 7) is 9.87. The number of carbonyl (C=O) groups is 3. The fourth-order valence-electron chi connectivity index (χ4n) is 4.51. The smallest absolute Gasteiger partial charge is 0.246 e. The lowest BCUT2D eigenvalue weighted by molar-refractivity contribution is -0.144. The van der Waals surface area contributed by atoms with Crippen LogP contribution >= 0.6 is 23.7 Å². The first-order valence-electron chi connectivity index (χ1n) is 12.7. The molecule has 4 atom stereocenters. The van der Waals surface area contributed by atoms with Gasteiger partial charge in [0.05, 0.1) is 28.2 Å². The van der Waals surface area contributed by atoms with Crippen molar-refractivity contribution < 1.29 is 19.5 Å². The number of carbonyl (C=O) groups excluding carboxylic acids is 3. The Balaban J connectivity index is 0.00000507. The Morgan fingerprint density at radius 2 is 1.87 bits per heavy atom. The summed E-state index contributed by atoms with van der Waals surface area (Å²) < 4.78 is 0. The number of benzene rings is 1. The molecule has 1 fully saturated rings. The normalized spacial score (nSPS) is 18.9. The molecule has 1 aliphatic rings. The zero-order valence-electron chi connectivity index (χ0n) is 22.7. The second kappa shape index (κ2) is 13.5. The third-order valence-electron chi connectivity index (χ3n) is 6.67. The maximum absolute atomic E-state index is 13.6. The van der Waals surface area contributed by atoms with Crippen molar-refractivity contribution in [3.63, 3.8) is 0 Å². The molecule has 2 heterocycles. The van der Waals surface area contributed by atoms with E-state index >= 15 is 0 Å². The summed E-state index contributed by atoms with van der Waals surface area (Å²) in [6.07, 6.45) is 0.0752. The molecule has 2 aromatic rings. The van der Waals surface area contributed by atoms with E-state index in [-0.39, 0.29) is 55.6 Å². The molecule has 1 aliphatic heterocycles. The highest BCUT2D eigenvalue weighted by Crippen LogP contribution is 2.29. The number of aromatic nitrogens is 1. The number of nitrogens with two attached hydrogens (primary N) is 1. The zero-order chi connectivity index (χ0) is 27.3. The number of halogens is 1. The lowest BCUT2D eigenvalue weighted by atomic mass is 9.85. The fourth-order valence-corrected chi connectivity index (χ4v) is 5.32. The molecule has 9 nitrogen and oxygen atoms in total. The topological polar surface area (TPSA) is 138 Å². The molecular formula is C27H40ClN5O4S. The zero-order valence-corrected chi connectivity index (χ0v) is 24.3. The predicted molar refractivity (Wildman–Crippen MR) is 152 cm³/mol. The number of likely N-dealkylation sites (tertiary alicyclic amines) is 1. The number of aryl methyl sites for hydroxylation is 1. The van der Waals surface area contributed by atoms with Crippen LogP contribution in [0.25, 0.3) is 10.4 Å². The number of thiazole rings is 1. The van der Waals surface area contributed by atoms with Gasteiger partial charge in [0.25, 0.3) is 0 Å². The van der Waals surface area contributed by atoms with Gasteiger partial charge in [0, 0.05) is 19.4 Å². The lowest BCUT2D eigenvalue weighted by Crippen LogP contribution is -2.57. The second-order valence-electron chi connectivity index (χ2n) is 10.8. The van der Waals surface area contributed by atoms with Gasteiger partial charge in [0.2, 0.25) is 17.7 Å². The summed E-state index contributed by atoms with van der Waals surface area (Å²) in [5.74, 6) is -0.964. The van der Waals surface area contributed by atoms with Crippen LogP contribution in [-0.4, -0.2) is 64.0 Å². The van der Waals surface area contributed by atoms with Gasteiger partial charge in [-0.05, 0) is 43.4 Å². The Kier molecular flexibility index (Phi) is 11.3. The molecule has 0 bridgehead atoms. The SMILES string of the molecule is Cc1ncsc1-c1ccc([C@H](C)NC(=O)[C@@H]2C[C@@H](O)CN2C(=O)C(NC(=O)CCCN)C(C)(C)C)cc1.Cl. The summed E-state index contributed by atoms with van der Waals surface area (Å²) in [7, 11) is 0. The molecule has 1 aromatic carbocycles. The Bertz CT molecular complexity index is 1100. The van der Waals surface area contributed by atoms with Crippen LogP contribution in [0.3, 0.4) is 0 Å². The van der Waals surface area contributed by atoms with Crippen molar-refractivity contribution in [3.05, 3.63) is 41.0 Å². The number of hydrogen-bond acceptors (Lipinski definition) is 7. The molecule has 1 saturated heterocycles. The van der Waals surface area contributed by atoms with Crippen LogP contribution in [-0.2, 0) is 14.4 Å².